The van der Waals surface area contributed by atoms with Crippen molar-refractivity contribution in [3.8, 4) is 0 Å². The lowest BCUT2D eigenvalue weighted by Crippen LogP contribution is -2.51. The van der Waals surface area contributed by atoms with Crippen LogP contribution < -0.4 is 5.32 Å². The standard InChI is InChI=1S/C10H17N3O/c1-6(2)13-9(14)12-8(11)10(13,3)7-4-5-7/h6-7H,4-5H2,1-3H3,(H2,11,12,14). The Morgan fingerprint density at radius 3 is 2.57 bits per heavy atom. The van der Waals surface area contributed by atoms with Gasteiger partial charge in [-0.15, -0.1) is 0 Å². The third-order valence-electron chi connectivity index (χ3n) is 3.35. The third-order valence-corrected chi connectivity index (χ3v) is 3.35. The van der Waals surface area contributed by atoms with E-state index >= 15 is 0 Å². The Hall–Kier alpha value is -1.06. The molecule has 0 radical (unpaired) electrons. The molecule has 2 N–H and O–H groups in total. The first-order valence-electron chi connectivity index (χ1n) is 5.17. The molecule has 2 aliphatic rings. The van der Waals surface area contributed by atoms with Crippen molar-refractivity contribution in [3.05, 3.63) is 0 Å². The first-order valence-corrected chi connectivity index (χ1v) is 5.17. The largest absolute Gasteiger partial charge is 0.323 e. The van der Waals surface area contributed by atoms with Crippen LogP contribution in [-0.2, 0) is 0 Å². The maximum Gasteiger partial charge on any atom is 0.323 e. The minimum absolute atomic E-state index is 0.112. The summed E-state index contributed by atoms with van der Waals surface area (Å²) in [5, 5.41) is 10.5. The Labute approximate surface area is 84.2 Å². The number of amidine groups is 1. The molecule has 0 aromatic carbocycles. The summed E-state index contributed by atoms with van der Waals surface area (Å²) in [6, 6.07) is 0.0443. The summed E-state index contributed by atoms with van der Waals surface area (Å²) in [6.45, 7) is 6.00. The van der Waals surface area contributed by atoms with E-state index in [0.29, 0.717) is 11.8 Å². The van der Waals surface area contributed by atoms with E-state index in [-0.39, 0.29) is 17.6 Å². The van der Waals surface area contributed by atoms with Gasteiger partial charge in [-0.1, -0.05) is 0 Å². The van der Waals surface area contributed by atoms with E-state index in [9.17, 15) is 4.79 Å². The molecular formula is C10H17N3O. The number of rotatable bonds is 2. The van der Waals surface area contributed by atoms with Crippen LogP contribution in [-0.4, -0.2) is 28.3 Å². The van der Waals surface area contributed by atoms with Gasteiger partial charge in [0.25, 0.3) is 0 Å². The molecule has 2 fully saturated rings. The molecule has 1 aliphatic heterocycles. The predicted octanol–water partition coefficient (Wildman–Crippen LogP) is 1.57. The Morgan fingerprint density at radius 2 is 2.14 bits per heavy atom. The number of hydrogen-bond acceptors (Lipinski definition) is 2. The van der Waals surface area contributed by atoms with Crippen molar-refractivity contribution in [1.29, 1.82) is 5.41 Å². The first kappa shape index (κ1) is 9.49. The minimum atomic E-state index is -0.370. The monoisotopic (exact) mass is 195 g/mol. The highest BCUT2D eigenvalue weighted by Gasteiger charge is 2.56. The third kappa shape index (κ3) is 1.06. The van der Waals surface area contributed by atoms with Crippen molar-refractivity contribution in [3.63, 3.8) is 0 Å². The van der Waals surface area contributed by atoms with Gasteiger partial charge in [-0.25, -0.2) is 4.79 Å². The van der Waals surface area contributed by atoms with Crippen LogP contribution in [0.15, 0.2) is 0 Å². The number of amides is 2. The molecule has 78 valence electrons. The lowest BCUT2D eigenvalue weighted by atomic mass is 9.92. The smallest absolute Gasteiger partial charge is 0.309 e. The summed E-state index contributed by atoms with van der Waals surface area (Å²) in [4.78, 5) is 13.5. The van der Waals surface area contributed by atoms with Crippen molar-refractivity contribution >= 4 is 11.9 Å². The second kappa shape index (κ2) is 2.72. The van der Waals surface area contributed by atoms with Gasteiger partial charge in [0.1, 0.15) is 11.4 Å². The van der Waals surface area contributed by atoms with E-state index in [2.05, 4.69) is 5.32 Å². The van der Waals surface area contributed by atoms with Crippen molar-refractivity contribution in [2.75, 3.05) is 0 Å². The number of nitrogens with one attached hydrogen (secondary N) is 2. The van der Waals surface area contributed by atoms with Crippen LogP contribution in [0, 0.1) is 11.3 Å². The second-order valence-electron chi connectivity index (χ2n) is 4.69. The van der Waals surface area contributed by atoms with E-state index in [1.807, 2.05) is 25.7 Å². The summed E-state index contributed by atoms with van der Waals surface area (Å²) in [5.41, 5.74) is -0.370. The summed E-state index contributed by atoms with van der Waals surface area (Å²) in [6.07, 6.45) is 2.27. The summed E-state index contributed by atoms with van der Waals surface area (Å²) in [7, 11) is 0. The molecule has 1 saturated heterocycles. The molecular weight excluding hydrogens is 178 g/mol. The predicted molar refractivity (Wildman–Crippen MR) is 54.4 cm³/mol. The number of urea groups is 1. The average Bonchev–Trinajstić information content (AvgIpc) is 2.81. The fourth-order valence-corrected chi connectivity index (χ4v) is 2.44. The van der Waals surface area contributed by atoms with Crippen molar-refractivity contribution in [2.45, 2.75) is 45.2 Å². The van der Waals surface area contributed by atoms with E-state index in [0.717, 1.165) is 12.8 Å². The van der Waals surface area contributed by atoms with Crippen molar-refractivity contribution in [2.24, 2.45) is 5.92 Å². The number of hydrogen-bond donors (Lipinski definition) is 2. The van der Waals surface area contributed by atoms with Gasteiger partial charge in [-0.05, 0) is 39.5 Å². The van der Waals surface area contributed by atoms with E-state index in [4.69, 9.17) is 5.41 Å². The van der Waals surface area contributed by atoms with Crippen LogP contribution in [0.3, 0.4) is 0 Å². The van der Waals surface area contributed by atoms with Gasteiger partial charge in [0.05, 0.1) is 0 Å². The van der Waals surface area contributed by atoms with Crippen LogP contribution in [0.2, 0.25) is 0 Å². The molecule has 1 unspecified atom stereocenters. The molecule has 14 heavy (non-hydrogen) atoms. The molecule has 4 heteroatoms. The minimum Gasteiger partial charge on any atom is -0.309 e. The lowest BCUT2D eigenvalue weighted by Gasteiger charge is -2.36. The molecule has 4 nitrogen and oxygen atoms in total. The second-order valence-corrected chi connectivity index (χ2v) is 4.69. The summed E-state index contributed by atoms with van der Waals surface area (Å²) >= 11 is 0. The Kier molecular flexibility index (Phi) is 1.84. The fourth-order valence-electron chi connectivity index (χ4n) is 2.44. The summed E-state index contributed by atoms with van der Waals surface area (Å²) < 4.78 is 0. The molecule has 1 atom stereocenters. The van der Waals surface area contributed by atoms with Gasteiger partial charge in [-0.2, -0.15) is 0 Å². The Balaban J connectivity index is 2.35. The fraction of sp³-hybridized carbons (Fsp3) is 0.800. The van der Waals surface area contributed by atoms with E-state index in [1.54, 1.807) is 0 Å². The molecule has 2 amide bonds. The molecule has 0 spiro atoms. The molecule has 1 heterocycles. The zero-order valence-electron chi connectivity index (χ0n) is 8.92. The SMILES string of the molecule is CC(C)N1C(=O)NC(=N)C1(C)C1CC1. The average molecular weight is 195 g/mol. The highest BCUT2D eigenvalue weighted by atomic mass is 16.2. The zero-order chi connectivity index (χ0) is 10.5. The van der Waals surface area contributed by atoms with Gasteiger partial charge in [0.15, 0.2) is 0 Å². The van der Waals surface area contributed by atoms with Crippen LogP contribution in [0.1, 0.15) is 33.6 Å². The quantitative estimate of drug-likeness (QED) is 0.690. The number of carbonyl (C=O) groups is 1. The maximum atomic E-state index is 11.6. The van der Waals surface area contributed by atoms with Crippen LogP contribution >= 0.6 is 0 Å². The Bertz CT molecular complexity index is 296. The molecule has 1 saturated carbocycles. The zero-order valence-corrected chi connectivity index (χ0v) is 8.92. The van der Waals surface area contributed by atoms with Crippen LogP contribution in [0.4, 0.5) is 4.79 Å². The molecule has 0 bridgehead atoms. The van der Waals surface area contributed by atoms with Gasteiger partial charge < -0.3 is 4.90 Å². The van der Waals surface area contributed by atoms with Gasteiger partial charge in [0, 0.05) is 6.04 Å². The van der Waals surface area contributed by atoms with E-state index < -0.39 is 0 Å². The highest BCUT2D eigenvalue weighted by Crippen LogP contribution is 2.45. The lowest BCUT2D eigenvalue weighted by molar-refractivity contribution is 0.146. The van der Waals surface area contributed by atoms with Crippen LogP contribution in [0.25, 0.3) is 0 Å². The topological polar surface area (TPSA) is 56.2 Å². The van der Waals surface area contributed by atoms with Gasteiger partial charge in [0.2, 0.25) is 0 Å². The van der Waals surface area contributed by atoms with Crippen molar-refractivity contribution < 1.29 is 4.79 Å². The first-order chi connectivity index (χ1) is 6.48. The van der Waals surface area contributed by atoms with E-state index in [1.165, 1.54) is 0 Å². The number of nitrogens with zero attached hydrogens (tertiary/aromatic N) is 1. The number of carbonyl (C=O) groups excluding carboxylic acids is 1. The molecule has 0 aromatic heterocycles. The highest BCUT2D eigenvalue weighted by molar-refractivity contribution is 6.08. The molecule has 2 rings (SSSR count). The summed E-state index contributed by atoms with van der Waals surface area (Å²) in [5.74, 6) is 0.857. The van der Waals surface area contributed by atoms with Crippen LogP contribution in [0.5, 0.6) is 0 Å². The maximum absolute atomic E-state index is 11.6. The Morgan fingerprint density at radius 1 is 1.57 bits per heavy atom. The normalized spacial score (nSPS) is 32.7. The van der Waals surface area contributed by atoms with Crippen molar-refractivity contribution in [1.82, 2.24) is 10.2 Å². The van der Waals surface area contributed by atoms with Gasteiger partial charge >= 0.3 is 6.03 Å². The molecule has 1 aliphatic carbocycles. The molecule has 0 aromatic rings. The van der Waals surface area contributed by atoms with Gasteiger partial charge in [-0.3, -0.25) is 10.7 Å².